The summed E-state index contributed by atoms with van der Waals surface area (Å²) in [6.45, 7) is 0.620. The lowest BCUT2D eigenvalue weighted by Gasteiger charge is -2.14. The molecule has 0 aliphatic carbocycles. The van der Waals surface area contributed by atoms with Gasteiger partial charge in [0.2, 0.25) is 0 Å². The Morgan fingerprint density at radius 2 is 2.06 bits per heavy atom. The fraction of sp³-hybridized carbons (Fsp3) is 0.364. The Kier molecular flexibility index (Phi) is 3.14. The van der Waals surface area contributed by atoms with Crippen molar-refractivity contribution in [1.82, 2.24) is 4.90 Å². The second kappa shape index (κ2) is 4.31. The third kappa shape index (κ3) is 2.30. The van der Waals surface area contributed by atoms with E-state index in [1.165, 1.54) is 6.07 Å². The minimum absolute atomic E-state index is 0.0558. The van der Waals surface area contributed by atoms with E-state index in [2.05, 4.69) is 0 Å². The van der Waals surface area contributed by atoms with E-state index in [4.69, 9.17) is 10.7 Å². The lowest BCUT2D eigenvalue weighted by molar-refractivity contribution is 0.0800. The minimum atomic E-state index is -3.80. The van der Waals surface area contributed by atoms with Crippen molar-refractivity contribution in [2.24, 2.45) is 0 Å². The van der Waals surface area contributed by atoms with Crippen molar-refractivity contribution in [1.29, 1.82) is 0 Å². The summed E-state index contributed by atoms with van der Waals surface area (Å²) < 4.78 is 22.9. The summed E-state index contributed by atoms with van der Waals surface area (Å²) in [5, 5.41) is 0. The number of nitrogens with zero attached hydrogens (tertiary/aromatic N) is 1. The molecule has 0 atom stereocenters. The summed E-state index contributed by atoms with van der Waals surface area (Å²) in [6.07, 6.45) is 1.28. The molecule has 1 aromatic rings. The Hall–Kier alpha value is -1.07. The van der Waals surface area contributed by atoms with E-state index in [9.17, 15) is 13.2 Å². The highest BCUT2D eigenvalue weighted by molar-refractivity contribution is 8.13. The Balaban J connectivity index is 2.67. The summed E-state index contributed by atoms with van der Waals surface area (Å²) in [5.74, 6) is -0.153. The molecule has 1 aromatic carbocycles. The first-order chi connectivity index (χ1) is 7.91. The van der Waals surface area contributed by atoms with Crippen LogP contribution in [0.15, 0.2) is 23.1 Å². The Morgan fingerprint density at radius 1 is 1.35 bits per heavy atom. The third-order valence-electron chi connectivity index (χ3n) is 2.89. The van der Waals surface area contributed by atoms with Gasteiger partial charge in [-0.2, -0.15) is 0 Å². The quantitative estimate of drug-likeness (QED) is 0.731. The van der Waals surface area contributed by atoms with Crippen LogP contribution in [0.3, 0.4) is 0 Å². The van der Waals surface area contributed by atoms with Crippen molar-refractivity contribution in [3.63, 3.8) is 0 Å². The highest BCUT2D eigenvalue weighted by Crippen LogP contribution is 2.27. The zero-order chi connectivity index (χ0) is 12.6. The van der Waals surface area contributed by atoms with Crippen molar-refractivity contribution >= 4 is 25.6 Å². The van der Waals surface area contributed by atoms with Crippen LogP contribution in [0.2, 0.25) is 0 Å². The third-order valence-corrected chi connectivity index (χ3v) is 4.30. The number of rotatable bonds is 1. The topological polar surface area (TPSA) is 54.5 Å². The molecule has 0 N–H and O–H groups in total. The van der Waals surface area contributed by atoms with Crippen LogP contribution in [0.1, 0.15) is 22.3 Å². The number of benzene rings is 1. The van der Waals surface area contributed by atoms with Crippen molar-refractivity contribution in [3.05, 3.63) is 29.3 Å². The summed E-state index contributed by atoms with van der Waals surface area (Å²) in [5.41, 5.74) is 0.976. The molecule has 0 saturated heterocycles. The number of amides is 1. The molecule has 0 saturated carbocycles. The Bertz CT molecular complexity index is 568. The number of fused-ring (bicyclic) bond motifs is 1. The predicted octanol–water partition coefficient (Wildman–Crippen LogP) is 1.63. The zero-order valence-corrected chi connectivity index (χ0v) is 10.9. The molecule has 17 heavy (non-hydrogen) atoms. The lowest BCUT2D eigenvalue weighted by Crippen LogP contribution is -2.26. The standard InChI is InChI=1S/C11H12ClNO3S/c1-13-7-3-5-8-9(11(13)14)4-2-6-10(8)17(12,15)16/h2,4,6H,3,5,7H2,1H3. The molecule has 92 valence electrons. The van der Waals surface area contributed by atoms with Gasteiger partial charge in [-0.05, 0) is 30.5 Å². The summed E-state index contributed by atoms with van der Waals surface area (Å²) in [6, 6.07) is 4.63. The molecule has 2 rings (SSSR count). The van der Waals surface area contributed by atoms with E-state index in [0.717, 1.165) is 6.42 Å². The van der Waals surface area contributed by atoms with Gasteiger partial charge in [0.05, 0.1) is 4.90 Å². The molecule has 1 aliphatic rings. The van der Waals surface area contributed by atoms with Gasteiger partial charge in [-0.1, -0.05) is 6.07 Å². The second-order valence-electron chi connectivity index (χ2n) is 4.05. The molecular formula is C11H12ClNO3S. The molecule has 6 heteroatoms. The van der Waals surface area contributed by atoms with Crippen molar-refractivity contribution in [2.45, 2.75) is 17.7 Å². The van der Waals surface area contributed by atoms with Gasteiger partial charge < -0.3 is 4.90 Å². The average Bonchev–Trinajstić information content (AvgIpc) is 2.39. The van der Waals surface area contributed by atoms with Gasteiger partial charge in [-0.3, -0.25) is 4.79 Å². The number of hydrogen-bond acceptors (Lipinski definition) is 3. The highest BCUT2D eigenvalue weighted by atomic mass is 35.7. The summed E-state index contributed by atoms with van der Waals surface area (Å²) in [7, 11) is 3.29. The first-order valence-corrected chi connectivity index (χ1v) is 7.54. The summed E-state index contributed by atoms with van der Waals surface area (Å²) >= 11 is 0. The molecule has 1 heterocycles. The van der Waals surface area contributed by atoms with Crippen LogP contribution in [0.4, 0.5) is 0 Å². The molecule has 0 unspecified atom stereocenters. The molecule has 0 spiro atoms. The van der Waals surface area contributed by atoms with Gasteiger partial charge in [-0.15, -0.1) is 0 Å². The van der Waals surface area contributed by atoms with Crippen LogP contribution >= 0.6 is 10.7 Å². The zero-order valence-electron chi connectivity index (χ0n) is 9.31. The predicted molar refractivity (Wildman–Crippen MR) is 64.8 cm³/mol. The van der Waals surface area contributed by atoms with Gasteiger partial charge in [0, 0.05) is 29.8 Å². The van der Waals surface area contributed by atoms with Crippen LogP contribution < -0.4 is 0 Å². The molecule has 1 aliphatic heterocycles. The normalized spacial score (nSPS) is 16.6. The van der Waals surface area contributed by atoms with E-state index < -0.39 is 9.05 Å². The van der Waals surface area contributed by atoms with Gasteiger partial charge in [-0.25, -0.2) is 8.42 Å². The average molecular weight is 274 g/mol. The molecule has 0 aromatic heterocycles. The highest BCUT2D eigenvalue weighted by Gasteiger charge is 2.25. The fourth-order valence-electron chi connectivity index (χ4n) is 2.05. The molecule has 0 radical (unpaired) electrons. The first-order valence-electron chi connectivity index (χ1n) is 5.23. The maximum atomic E-state index is 12.0. The van der Waals surface area contributed by atoms with Gasteiger partial charge in [0.15, 0.2) is 0 Å². The maximum Gasteiger partial charge on any atom is 0.261 e. The van der Waals surface area contributed by atoms with Crippen LogP contribution in [0.25, 0.3) is 0 Å². The number of carbonyl (C=O) groups is 1. The number of carbonyl (C=O) groups excluding carboxylic acids is 1. The molecule has 0 bridgehead atoms. The van der Waals surface area contributed by atoms with Gasteiger partial charge >= 0.3 is 0 Å². The smallest absolute Gasteiger partial charge is 0.261 e. The SMILES string of the molecule is CN1CCCc2c(cccc2S(=O)(=O)Cl)C1=O. The van der Waals surface area contributed by atoms with E-state index >= 15 is 0 Å². The van der Waals surface area contributed by atoms with E-state index in [0.29, 0.717) is 24.1 Å². The molecule has 4 nitrogen and oxygen atoms in total. The van der Waals surface area contributed by atoms with Crippen LogP contribution in [0.5, 0.6) is 0 Å². The Labute approximate surface area is 105 Å². The minimum Gasteiger partial charge on any atom is -0.342 e. The van der Waals surface area contributed by atoms with Crippen molar-refractivity contribution in [2.75, 3.05) is 13.6 Å². The van der Waals surface area contributed by atoms with Crippen molar-refractivity contribution < 1.29 is 13.2 Å². The molecule has 1 amide bonds. The molecular weight excluding hydrogens is 262 g/mol. The van der Waals surface area contributed by atoms with E-state index in [1.54, 1.807) is 24.1 Å². The van der Waals surface area contributed by atoms with Gasteiger partial charge in [0.1, 0.15) is 0 Å². The summed E-state index contributed by atoms with van der Waals surface area (Å²) in [4.78, 5) is 13.7. The number of hydrogen-bond donors (Lipinski definition) is 0. The van der Waals surface area contributed by atoms with Crippen LogP contribution in [-0.2, 0) is 15.5 Å². The first kappa shape index (κ1) is 12.4. The van der Waals surface area contributed by atoms with Crippen LogP contribution in [-0.4, -0.2) is 32.8 Å². The van der Waals surface area contributed by atoms with Crippen LogP contribution in [0, 0.1) is 0 Å². The van der Waals surface area contributed by atoms with Gasteiger partial charge in [0.25, 0.3) is 15.0 Å². The second-order valence-corrected chi connectivity index (χ2v) is 6.58. The lowest BCUT2D eigenvalue weighted by atomic mass is 10.0. The maximum absolute atomic E-state index is 12.0. The van der Waals surface area contributed by atoms with E-state index in [1.807, 2.05) is 0 Å². The molecule has 0 fully saturated rings. The largest absolute Gasteiger partial charge is 0.342 e. The fourth-order valence-corrected chi connectivity index (χ4v) is 3.23. The Morgan fingerprint density at radius 3 is 2.71 bits per heavy atom. The number of halogens is 1. The monoisotopic (exact) mass is 273 g/mol. The van der Waals surface area contributed by atoms with Crippen molar-refractivity contribution in [3.8, 4) is 0 Å². The van der Waals surface area contributed by atoms with E-state index in [-0.39, 0.29) is 10.8 Å².